The van der Waals surface area contributed by atoms with Crippen LogP contribution in [0, 0.1) is 0 Å². The number of ether oxygens (including phenoxy) is 3. The lowest BCUT2D eigenvalue weighted by Crippen LogP contribution is -2.06. The largest absolute Gasteiger partial charge is 0.496 e. The number of cyclic esters (lactones) is 1. The fraction of sp³-hybridized carbons (Fsp3) is 0.111. The fourth-order valence-corrected chi connectivity index (χ4v) is 2.25. The first-order valence-electron chi connectivity index (χ1n) is 7.27. The number of alkyl halides is 2. The molecule has 0 aliphatic carbocycles. The molecule has 0 radical (unpaired) electrons. The lowest BCUT2D eigenvalue weighted by atomic mass is 10.2. The zero-order valence-corrected chi connectivity index (χ0v) is 13.1. The van der Waals surface area contributed by atoms with Crippen molar-refractivity contribution in [1.29, 1.82) is 0 Å². The summed E-state index contributed by atoms with van der Waals surface area (Å²) >= 11 is 0. The third kappa shape index (κ3) is 3.82. The van der Waals surface area contributed by atoms with Crippen LogP contribution in [0.25, 0.3) is 6.08 Å². The summed E-state index contributed by atoms with van der Waals surface area (Å²) in [5.41, 5.74) is 1.25. The molecule has 2 aromatic carbocycles. The van der Waals surface area contributed by atoms with Gasteiger partial charge in [0, 0.05) is 0 Å². The molecule has 5 nitrogen and oxygen atoms in total. The van der Waals surface area contributed by atoms with Crippen LogP contribution in [0.2, 0.25) is 0 Å². The molecule has 0 unspecified atom stereocenters. The van der Waals surface area contributed by atoms with Crippen molar-refractivity contribution in [3.63, 3.8) is 0 Å². The predicted molar refractivity (Wildman–Crippen MR) is 86.7 cm³/mol. The van der Waals surface area contributed by atoms with Gasteiger partial charge in [-0.15, -0.1) is 0 Å². The van der Waals surface area contributed by atoms with Crippen molar-refractivity contribution in [2.45, 2.75) is 6.61 Å². The second kappa shape index (κ2) is 7.12. The lowest BCUT2D eigenvalue weighted by molar-refractivity contribution is -0.129. The number of carbonyl (C=O) groups excluding carboxylic acids is 1. The Balaban J connectivity index is 1.86. The topological polar surface area (TPSA) is 57.1 Å². The molecule has 1 heterocycles. The number of hydrogen-bond donors (Lipinski definition) is 0. The summed E-state index contributed by atoms with van der Waals surface area (Å²) in [6.45, 7) is -2.89. The van der Waals surface area contributed by atoms with Gasteiger partial charge in [-0.1, -0.05) is 24.3 Å². The lowest BCUT2D eigenvalue weighted by Gasteiger charge is -2.05. The zero-order valence-electron chi connectivity index (χ0n) is 13.1. The van der Waals surface area contributed by atoms with E-state index in [1.54, 1.807) is 24.3 Å². The normalized spacial score (nSPS) is 15.3. The molecule has 0 spiro atoms. The molecule has 0 saturated heterocycles. The molecule has 7 heteroatoms. The van der Waals surface area contributed by atoms with Gasteiger partial charge in [0.15, 0.2) is 5.70 Å². The van der Waals surface area contributed by atoms with Gasteiger partial charge >= 0.3 is 12.6 Å². The molecule has 25 heavy (non-hydrogen) atoms. The molecule has 3 rings (SSSR count). The SMILES string of the molecule is COc1ccccc1C1=N/C(=C\c2ccc(OC(F)F)cc2)C(=O)O1. The van der Waals surface area contributed by atoms with Gasteiger partial charge in [-0.05, 0) is 35.9 Å². The van der Waals surface area contributed by atoms with Crippen LogP contribution in [-0.4, -0.2) is 25.6 Å². The number of carbonyl (C=O) groups is 1. The minimum Gasteiger partial charge on any atom is -0.496 e. The van der Waals surface area contributed by atoms with E-state index >= 15 is 0 Å². The molecule has 1 aliphatic heterocycles. The number of aliphatic imine (C=N–C) groups is 1. The second-order valence-corrected chi connectivity index (χ2v) is 4.98. The van der Waals surface area contributed by atoms with Crippen molar-refractivity contribution in [2.75, 3.05) is 7.11 Å². The fourth-order valence-electron chi connectivity index (χ4n) is 2.25. The molecular weight excluding hydrogens is 332 g/mol. The Kier molecular flexibility index (Phi) is 4.74. The highest BCUT2D eigenvalue weighted by molar-refractivity contribution is 6.13. The predicted octanol–water partition coefficient (Wildman–Crippen LogP) is 3.64. The van der Waals surface area contributed by atoms with Gasteiger partial charge in [0.1, 0.15) is 11.5 Å². The van der Waals surface area contributed by atoms with Gasteiger partial charge in [-0.2, -0.15) is 8.78 Å². The zero-order chi connectivity index (χ0) is 17.8. The van der Waals surface area contributed by atoms with E-state index < -0.39 is 12.6 Å². The highest BCUT2D eigenvalue weighted by atomic mass is 19.3. The van der Waals surface area contributed by atoms with Gasteiger partial charge in [-0.25, -0.2) is 9.79 Å². The van der Waals surface area contributed by atoms with E-state index in [1.807, 2.05) is 0 Å². The molecule has 2 aromatic rings. The second-order valence-electron chi connectivity index (χ2n) is 4.98. The van der Waals surface area contributed by atoms with E-state index in [0.29, 0.717) is 16.9 Å². The molecule has 1 aliphatic rings. The maximum Gasteiger partial charge on any atom is 0.387 e. The van der Waals surface area contributed by atoms with Crippen LogP contribution in [0.3, 0.4) is 0 Å². The average Bonchev–Trinajstić information content (AvgIpc) is 2.96. The molecule has 0 amide bonds. The van der Waals surface area contributed by atoms with Crippen molar-refractivity contribution >= 4 is 17.9 Å². The summed E-state index contributed by atoms with van der Waals surface area (Å²) in [5, 5.41) is 0. The third-order valence-corrected chi connectivity index (χ3v) is 3.37. The number of hydrogen-bond acceptors (Lipinski definition) is 5. The molecule has 0 atom stereocenters. The van der Waals surface area contributed by atoms with Crippen LogP contribution < -0.4 is 9.47 Å². The smallest absolute Gasteiger partial charge is 0.387 e. The minimum absolute atomic E-state index is 0.0318. The summed E-state index contributed by atoms with van der Waals surface area (Å²) in [7, 11) is 1.51. The van der Waals surface area contributed by atoms with Crippen LogP contribution >= 0.6 is 0 Å². The Morgan fingerprint density at radius 2 is 1.84 bits per heavy atom. The molecule has 0 N–H and O–H groups in total. The summed E-state index contributed by atoms with van der Waals surface area (Å²) in [5.74, 6) is 0.105. The standard InChI is InChI=1S/C18H13F2NO4/c1-23-15-5-3-2-4-13(15)16-21-14(17(22)25-16)10-11-6-8-12(9-7-11)24-18(19)20/h2-10,18H,1H3/b14-10-. The summed E-state index contributed by atoms with van der Waals surface area (Å²) in [4.78, 5) is 16.2. The molecule has 0 bridgehead atoms. The van der Waals surface area contributed by atoms with Crippen molar-refractivity contribution in [3.8, 4) is 11.5 Å². The van der Waals surface area contributed by atoms with Gasteiger partial charge in [0.25, 0.3) is 0 Å². The van der Waals surface area contributed by atoms with Crippen molar-refractivity contribution < 1.29 is 27.8 Å². The van der Waals surface area contributed by atoms with Crippen molar-refractivity contribution in [1.82, 2.24) is 0 Å². The van der Waals surface area contributed by atoms with Crippen LogP contribution in [0.1, 0.15) is 11.1 Å². The van der Waals surface area contributed by atoms with E-state index in [2.05, 4.69) is 9.73 Å². The summed E-state index contributed by atoms with van der Waals surface area (Å²) in [6, 6.07) is 12.9. The number of halogens is 2. The number of benzene rings is 2. The average molecular weight is 345 g/mol. The Morgan fingerprint density at radius 3 is 2.52 bits per heavy atom. The highest BCUT2D eigenvalue weighted by Crippen LogP contribution is 2.25. The van der Waals surface area contributed by atoms with Gasteiger partial charge in [0.05, 0.1) is 12.7 Å². The van der Waals surface area contributed by atoms with Crippen LogP contribution in [0.15, 0.2) is 59.2 Å². The van der Waals surface area contributed by atoms with E-state index in [0.717, 1.165) is 0 Å². The molecule has 0 aromatic heterocycles. The molecule has 0 saturated carbocycles. The minimum atomic E-state index is -2.89. The van der Waals surface area contributed by atoms with Crippen LogP contribution in [-0.2, 0) is 9.53 Å². The number of nitrogens with zero attached hydrogens (tertiary/aromatic N) is 1. The monoisotopic (exact) mass is 345 g/mol. The van der Waals surface area contributed by atoms with E-state index in [1.165, 1.54) is 37.5 Å². The number of esters is 1. The third-order valence-electron chi connectivity index (χ3n) is 3.37. The first kappa shape index (κ1) is 16.6. The van der Waals surface area contributed by atoms with E-state index in [9.17, 15) is 13.6 Å². The van der Waals surface area contributed by atoms with Crippen LogP contribution in [0.5, 0.6) is 11.5 Å². The molecule has 128 valence electrons. The number of rotatable bonds is 5. The van der Waals surface area contributed by atoms with Gasteiger partial charge < -0.3 is 14.2 Å². The quantitative estimate of drug-likeness (QED) is 0.613. The first-order chi connectivity index (χ1) is 12.1. The van der Waals surface area contributed by atoms with Crippen molar-refractivity contribution in [2.24, 2.45) is 4.99 Å². The maximum atomic E-state index is 12.1. The summed E-state index contributed by atoms with van der Waals surface area (Å²) < 4.78 is 39.0. The Morgan fingerprint density at radius 1 is 1.12 bits per heavy atom. The Hall–Kier alpha value is -3.22. The first-order valence-corrected chi connectivity index (χ1v) is 7.27. The highest BCUT2D eigenvalue weighted by Gasteiger charge is 2.26. The molecule has 0 fully saturated rings. The Bertz CT molecular complexity index is 844. The van der Waals surface area contributed by atoms with E-state index in [-0.39, 0.29) is 17.3 Å². The van der Waals surface area contributed by atoms with Gasteiger partial charge in [-0.3, -0.25) is 0 Å². The molecular formula is C18H13F2NO4. The van der Waals surface area contributed by atoms with Crippen LogP contribution in [0.4, 0.5) is 8.78 Å². The number of para-hydroxylation sites is 1. The number of methoxy groups -OCH3 is 1. The Labute approximate surface area is 142 Å². The summed E-state index contributed by atoms with van der Waals surface area (Å²) in [6.07, 6.45) is 1.50. The maximum absolute atomic E-state index is 12.1. The van der Waals surface area contributed by atoms with E-state index in [4.69, 9.17) is 9.47 Å². The van der Waals surface area contributed by atoms with Gasteiger partial charge in [0.2, 0.25) is 5.90 Å². The van der Waals surface area contributed by atoms with Crippen molar-refractivity contribution in [3.05, 3.63) is 65.4 Å².